The van der Waals surface area contributed by atoms with Crippen molar-refractivity contribution in [1.82, 2.24) is 15.1 Å². The summed E-state index contributed by atoms with van der Waals surface area (Å²) >= 11 is 0. The summed E-state index contributed by atoms with van der Waals surface area (Å²) in [5, 5.41) is 12.4. The molecule has 0 bridgehead atoms. The van der Waals surface area contributed by atoms with Crippen LogP contribution in [0.15, 0.2) is 29.3 Å². The van der Waals surface area contributed by atoms with Crippen molar-refractivity contribution in [3.05, 3.63) is 24.3 Å². The molecular formula is C14H15N5O3. The standard InChI is InChI=1S/C14H15N5O3/c1-17-11-10(12(21)16-14(17)22)19-7-6-18(13(19)15-11)8-4-2-3-5-9(8)20/h2-5,10-11,20H,6-7H2,1H3,(H,16,21,22). The number of likely N-dealkylation sites (N-methyl/N-ethyl adjacent to an activating group) is 1. The summed E-state index contributed by atoms with van der Waals surface area (Å²) in [5.74, 6) is 0.454. The number of aliphatic imine (C=N–C) groups is 1. The minimum atomic E-state index is -0.523. The molecule has 2 fully saturated rings. The summed E-state index contributed by atoms with van der Waals surface area (Å²) < 4.78 is 0. The molecule has 8 nitrogen and oxygen atoms in total. The van der Waals surface area contributed by atoms with Crippen LogP contribution in [0, 0.1) is 0 Å². The number of carbonyl (C=O) groups excluding carboxylic acids is 2. The van der Waals surface area contributed by atoms with E-state index >= 15 is 0 Å². The van der Waals surface area contributed by atoms with Crippen LogP contribution >= 0.6 is 0 Å². The quantitative estimate of drug-likeness (QED) is 0.747. The van der Waals surface area contributed by atoms with Gasteiger partial charge in [-0.25, -0.2) is 9.79 Å². The third kappa shape index (κ3) is 1.60. The van der Waals surface area contributed by atoms with E-state index in [0.29, 0.717) is 24.7 Å². The molecule has 3 amide bonds. The highest BCUT2D eigenvalue weighted by Gasteiger charge is 2.51. The number of amides is 3. The fraction of sp³-hybridized carbons (Fsp3) is 0.357. The molecule has 1 aromatic carbocycles. The minimum absolute atomic E-state index is 0.163. The molecule has 2 saturated heterocycles. The van der Waals surface area contributed by atoms with Crippen LogP contribution in [0.4, 0.5) is 10.5 Å². The Morgan fingerprint density at radius 1 is 1.27 bits per heavy atom. The number of phenolic OH excluding ortho intramolecular Hbond substituents is 1. The number of hydrogen-bond acceptors (Lipinski definition) is 6. The fourth-order valence-electron chi connectivity index (χ4n) is 3.20. The molecule has 0 saturated carbocycles. The molecule has 3 aliphatic heterocycles. The van der Waals surface area contributed by atoms with E-state index in [2.05, 4.69) is 10.3 Å². The Balaban J connectivity index is 1.73. The molecule has 3 aliphatic rings. The van der Waals surface area contributed by atoms with Crippen LogP contribution in [0.5, 0.6) is 5.75 Å². The highest BCUT2D eigenvalue weighted by atomic mass is 16.3. The molecule has 0 spiro atoms. The summed E-state index contributed by atoms with van der Waals surface area (Å²) in [6, 6.07) is 6.06. The van der Waals surface area contributed by atoms with Crippen molar-refractivity contribution in [3.8, 4) is 5.75 Å². The Morgan fingerprint density at radius 2 is 2.05 bits per heavy atom. The molecule has 0 aromatic heterocycles. The number of nitrogens with one attached hydrogen (secondary N) is 1. The molecule has 0 aliphatic carbocycles. The first kappa shape index (κ1) is 12.9. The van der Waals surface area contributed by atoms with E-state index in [0.717, 1.165) is 0 Å². The summed E-state index contributed by atoms with van der Waals surface area (Å²) in [6.45, 7) is 1.24. The van der Waals surface area contributed by atoms with Gasteiger partial charge in [0.1, 0.15) is 5.75 Å². The Bertz CT molecular complexity index is 703. The molecule has 1 aromatic rings. The van der Waals surface area contributed by atoms with Gasteiger partial charge in [-0.15, -0.1) is 0 Å². The maximum absolute atomic E-state index is 12.1. The van der Waals surface area contributed by atoms with E-state index in [9.17, 15) is 14.7 Å². The number of para-hydroxylation sites is 2. The van der Waals surface area contributed by atoms with E-state index < -0.39 is 18.2 Å². The van der Waals surface area contributed by atoms with Crippen molar-refractivity contribution in [3.63, 3.8) is 0 Å². The number of anilines is 1. The summed E-state index contributed by atoms with van der Waals surface area (Å²) in [7, 11) is 1.62. The van der Waals surface area contributed by atoms with Crippen molar-refractivity contribution < 1.29 is 14.7 Å². The second kappa shape index (κ2) is 4.36. The summed E-state index contributed by atoms with van der Waals surface area (Å²) in [6.07, 6.45) is -0.523. The average molecular weight is 301 g/mol. The second-order valence-electron chi connectivity index (χ2n) is 5.53. The van der Waals surface area contributed by atoms with Gasteiger partial charge in [0.15, 0.2) is 12.2 Å². The molecule has 4 rings (SSSR count). The minimum Gasteiger partial charge on any atom is -0.506 e. The third-order valence-corrected chi connectivity index (χ3v) is 4.32. The van der Waals surface area contributed by atoms with Crippen LogP contribution < -0.4 is 10.2 Å². The number of rotatable bonds is 1. The summed E-state index contributed by atoms with van der Waals surface area (Å²) in [5.41, 5.74) is 0.650. The monoisotopic (exact) mass is 301 g/mol. The smallest absolute Gasteiger partial charge is 0.325 e. The van der Waals surface area contributed by atoms with E-state index in [4.69, 9.17) is 0 Å². The van der Waals surface area contributed by atoms with Crippen LogP contribution in [0.25, 0.3) is 0 Å². The van der Waals surface area contributed by atoms with Crippen molar-refractivity contribution in [1.29, 1.82) is 0 Å². The second-order valence-corrected chi connectivity index (χ2v) is 5.53. The highest BCUT2D eigenvalue weighted by molar-refractivity contribution is 6.08. The number of carbonyl (C=O) groups is 2. The third-order valence-electron chi connectivity index (χ3n) is 4.32. The SMILES string of the molecule is CN1C(=O)NC(=O)C2C1N=C1N(c3ccccc3O)CCN12. The van der Waals surface area contributed by atoms with E-state index in [1.165, 1.54) is 4.90 Å². The lowest BCUT2D eigenvalue weighted by molar-refractivity contribution is -0.126. The van der Waals surface area contributed by atoms with Gasteiger partial charge >= 0.3 is 6.03 Å². The molecule has 2 atom stereocenters. The van der Waals surface area contributed by atoms with E-state index in [1.807, 2.05) is 15.9 Å². The first-order valence-corrected chi connectivity index (χ1v) is 7.05. The van der Waals surface area contributed by atoms with Crippen molar-refractivity contribution in [2.24, 2.45) is 4.99 Å². The first-order chi connectivity index (χ1) is 10.6. The topological polar surface area (TPSA) is 88.5 Å². The Hall–Kier alpha value is -2.77. The maximum Gasteiger partial charge on any atom is 0.325 e. The first-order valence-electron chi connectivity index (χ1n) is 7.05. The number of fused-ring (bicyclic) bond motifs is 3. The number of imide groups is 1. The molecule has 0 radical (unpaired) electrons. The van der Waals surface area contributed by atoms with Crippen LogP contribution in [0.3, 0.4) is 0 Å². The van der Waals surface area contributed by atoms with E-state index in [1.54, 1.807) is 25.2 Å². The largest absolute Gasteiger partial charge is 0.506 e. The van der Waals surface area contributed by atoms with Gasteiger partial charge in [-0.05, 0) is 12.1 Å². The van der Waals surface area contributed by atoms with Crippen LogP contribution in [-0.2, 0) is 4.79 Å². The predicted molar refractivity (Wildman–Crippen MR) is 78.5 cm³/mol. The van der Waals surface area contributed by atoms with Gasteiger partial charge in [0.25, 0.3) is 5.91 Å². The van der Waals surface area contributed by atoms with Gasteiger partial charge in [-0.1, -0.05) is 12.1 Å². The lowest BCUT2D eigenvalue weighted by atomic mass is 10.1. The number of benzene rings is 1. The summed E-state index contributed by atoms with van der Waals surface area (Å²) in [4.78, 5) is 33.6. The maximum atomic E-state index is 12.1. The van der Waals surface area contributed by atoms with Gasteiger partial charge < -0.3 is 19.8 Å². The molecule has 114 valence electrons. The van der Waals surface area contributed by atoms with Gasteiger partial charge in [0.2, 0.25) is 5.96 Å². The average Bonchev–Trinajstić information content (AvgIpc) is 3.04. The zero-order valence-corrected chi connectivity index (χ0v) is 11.9. The highest BCUT2D eigenvalue weighted by Crippen LogP contribution is 2.34. The molecule has 2 N–H and O–H groups in total. The van der Waals surface area contributed by atoms with Gasteiger partial charge in [0.05, 0.1) is 5.69 Å². The Morgan fingerprint density at radius 3 is 2.82 bits per heavy atom. The van der Waals surface area contributed by atoms with Crippen molar-refractivity contribution in [2.75, 3.05) is 25.0 Å². The molecule has 8 heteroatoms. The number of nitrogens with zero attached hydrogens (tertiary/aromatic N) is 4. The number of urea groups is 1. The lowest BCUT2D eigenvalue weighted by Gasteiger charge is -2.34. The number of aromatic hydroxyl groups is 1. The van der Waals surface area contributed by atoms with E-state index in [-0.39, 0.29) is 11.7 Å². The number of guanidine groups is 1. The zero-order chi connectivity index (χ0) is 15.4. The predicted octanol–water partition coefficient (Wildman–Crippen LogP) is -0.240. The van der Waals surface area contributed by atoms with Crippen LogP contribution in [0.1, 0.15) is 0 Å². The van der Waals surface area contributed by atoms with Crippen molar-refractivity contribution >= 4 is 23.6 Å². The molecule has 3 heterocycles. The number of hydrogen-bond donors (Lipinski definition) is 2. The number of phenols is 1. The lowest BCUT2D eigenvalue weighted by Crippen LogP contribution is -2.63. The Labute approximate surface area is 126 Å². The van der Waals surface area contributed by atoms with Gasteiger partial charge in [-0.3, -0.25) is 10.1 Å². The molecule has 2 unspecified atom stereocenters. The normalized spacial score (nSPS) is 26.8. The Kier molecular flexibility index (Phi) is 2.56. The van der Waals surface area contributed by atoms with Gasteiger partial charge in [0, 0.05) is 20.1 Å². The fourth-order valence-corrected chi connectivity index (χ4v) is 3.20. The zero-order valence-electron chi connectivity index (χ0n) is 11.9. The van der Waals surface area contributed by atoms with Crippen molar-refractivity contribution in [2.45, 2.75) is 12.2 Å². The van der Waals surface area contributed by atoms with Gasteiger partial charge in [-0.2, -0.15) is 0 Å². The van der Waals surface area contributed by atoms with Crippen LogP contribution in [-0.4, -0.2) is 65.1 Å². The molecule has 22 heavy (non-hydrogen) atoms. The van der Waals surface area contributed by atoms with Crippen LogP contribution in [0.2, 0.25) is 0 Å². The molecular weight excluding hydrogens is 286 g/mol.